The highest BCUT2D eigenvalue weighted by molar-refractivity contribution is 6.30. The average Bonchev–Trinajstić information content (AvgIpc) is 2.89. The highest BCUT2D eigenvalue weighted by atomic mass is 35.5. The fourth-order valence-corrected chi connectivity index (χ4v) is 3.57. The molecule has 2 rings (SSSR count). The molecular formula is C21H27ClO6. The van der Waals surface area contributed by atoms with Crippen LogP contribution in [-0.2, 0) is 4.79 Å². The number of allylic oxidation sites excluding steroid dienone is 2. The third-order valence-electron chi connectivity index (χ3n) is 4.80. The van der Waals surface area contributed by atoms with Gasteiger partial charge in [0.1, 0.15) is 5.75 Å². The van der Waals surface area contributed by atoms with Crippen LogP contribution in [0.3, 0.4) is 0 Å². The van der Waals surface area contributed by atoms with Crippen LogP contribution in [0.15, 0.2) is 48.6 Å². The molecule has 154 valence electrons. The summed E-state index contributed by atoms with van der Waals surface area (Å²) in [7, 11) is 0. The molecule has 0 radical (unpaired) electrons. The molecule has 0 unspecified atom stereocenters. The van der Waals surface area contributed by atoms with E-state index in [1.807, 2.05) is 12.2 Å². The number of ether oxygens (including phenoxy) is 1. The number of hydrogen-bond acceptors (Lipinski definition) is 5. The Balaban J connectivity index is 1.88. The average molecular weight is 411 g/mol. The Morgan fingerprint density at radius 3 is 2.79 bits per heavy atom. The molecule has 0 aliphatic heterocycles. The minimum absolute atomic E-state index is 0.130. The van der Waals surface area contributed by atoms with Crippen molar-refractivity contribution in [1.82, 2.24) is 0 Å². The Hall–Kier alpha value is -1.86. The second-order valence-corrected chi connectivity index (χ2v) is 7.39. The van der Waals surface area contributed by atoms with E-state index in [0.29, 0.717) is 30.0 Å². The topological polar surface area (TPSA) is 107 Å². The van der Waals surface area contributed by atoms with Gasteiger partial charge in [0, 0.05) is 23.8 Å². The molecule has 1 saturated carbocycles. The van der Waals surface area contributed by atoms with Crippen molar-refractivity contribution in [1.29, 1.82) is 0 Å². The molecule has 7 heteroatoms. The first-order valence-electron chi connectivity index (χ1n) is 9.38. The highest BCUT2D eigenvalue weighted by Crippen LogP contribution is 2.36. The van der Waals surface area contributed by atoms with E-state index in [4.69, 9.17) is 21.4 Å². The molecule has 0 saturated heterocycles. The Morgan fingerprint density at radius 2 is 2.07 bits per heavy atom. The van der Waals surface area contributed by atoms with E-state index in [1.54, 1.807) is 30.3 Å². The monoisotopic (exact) mass is 410 g/mol. The molecule has 0 bridgehead atoms. The van der Waals surface area contributed by atoms with Crippen LogP contribution >= 0.6 is 11.6 Å². The van der Waals surface area contributed by atoms with Gasteiger partial charge in [-0.1, -0.05) is 35.9 Å². The normalized spacial score (nSPS) is 26.1. The predicted octanol–water partition coefficient (Wildman–Crippen LogP) is 3.15. The van der Waals surface area contributed by atoms with Crippen LogP contribution in [0.2, 0.25) is 5.02 Å². The first kappa shape index (κ1) is 22.4. The second kappa shape index (κ2) is 11.2. The highest BCUT2D eigenvalue weighted by Gasteiger charge is 2.39. The van der Waals surface area contributed by atoms with Crippen molar-refractivity contribution in [2.45, 2.75) is 50.6 Å². The summed E-state index contributed by atoms with van der Waals surface area (Å²) in [4.78, 5) is 10.5. The van der Waals surface area contributed by atoms with Gasteiger partial charge in [-0.05, 0) is 49.5 Å². The van der Waals surface area contributed by atoms with Crippen LogP contribution in [0.1, 0.15) is 32.1 Å². The van der Waals surface area contributed by atoms with E-state index in [9.17, 15) is 20.1 Å². The number of aliphatic hydroxyl groups is 3. The number of carboxylic acid groups (broad SMARTS) is 1. The minimum Gasteiger partial charge on any atom is -0.481 e. The molecule has 0 spiro atoms. The van der Waals surface area contributed by atoms with Crippen molar-refractivity contribution in [2.75, 3.05) is 0 Å². The maximum Gasteiger partial charge on any atom is 0.303 e. The Bertz CT molecular complexity index is 689. The van der Waals surface area contributed by atoms with Crippen molar-refractivity contribution >= 4 is 17.6 Å². The van der Waals surface area contributed by atoms with Gasteiger partial charge < -0.3 is 25.2 Å². The number of rotatable bonds is 10. The van der Waals surface area contributed by atoms with Crippen LogP contribution in [-0.4, -0.2) is 44.9 Å². The summed E-state index contributed by atoms with van der Waals surface area (Å²) in [6, 6.07) is 6.68. The summed E-state index contributed by atoms with van der Waals surface area (Å²) in [5.74, 6) is -0.874. The van der Waals surface area contributed by atoms with Crippen molar-refractivity contribution in [3.8, 4) is 5.75 Å². The van der Waals surface area contributed by atoms with Crippen LogP contribution in [0.25, 0.3) is 0 Å². The van der Waals surface area contributed by atoms with Gasteiger partial charge in [0.15, 0.2) is 0 Å². The number of aliphatic carboxylic acids is 1. The summed E-state index contributed by atoms with van der Waals surface area (Å²) in [6.45, 7) is 0. The quantitative estimate of drug-likeness (QED) is 0.268. The molecule has 6 nitrogen and oxygen atoms in total. The zero-order valence-corrected chi connectivity index (χ0v) is 16.3. The molecule has 0 amide bonds. The standard InChI is InChI=1S/C21H27ClO6/c22-14-6-5-7-15(12-14)28-21(27)11-10-17-16(18(23)13-19(17)24)8-3-1-2-4-9-20(25)26/h1,3,5-7,10-12,16-19,21,23-24,27H,2,4,8-9,13H2,(H,25,26)/b3-1+,11-10+/t16-,17-,18+,19-,21-/m1/s1. The van der Waals surface area contributed by atoms with Crippen LogP contribution in [0.4, 0.5) is 0 Å². The van der Waals surface area contributed by atoms with Crippen molar-refractivity contribution in [3.05, 3.63) is 53.6 Å². The molecular weight excluding hydrogens is 384 g/mol. The Kier molecular flexibility index (Phi) is 8.99. The third-order valence-corrected chi connectivity index (χ3v) is 5.04. The fraction of sp³-hybridized carbons (Fsp3) is 0.476. The minimum atomic E-state index is -1.20. The number of hydrogen-bond donors (Lipinski definition) is 4. The smallest absolute Gasteiger partial charge is 0.303 e. The van der Waals surface area contributed by atoms with E-state index in [2.05, 4.69) is 0 Å². The Morgan fingerprint density at radius 1 is 1.29 bits per heavy atom. The van der Waals surface area contributed by atoms with E-state index < -0.39 is 24.5 Å². The molecule has 0 aromatic heterocycles. The van der Waals surface area contributed by atoms with E-state index in [1.165, 1.54) is 6.08 Å². The number of benzene rings is 1. The van der Waals surface area contributed by atoms with Gasteiger partial charge in [0.2, 0.25) is 6.29 Å². The summed E-state index contributed by atoms with van der Waals surface area (Å²) in [6.07, 6.45) is 6.60. The van der Waals surface area contributed by atoms with Crippen LogP contribution < -0.4 is 4.74 Å². The number of carbonyl (C=O) groups is 1. The Labute approximate surface area is 169 Å². The SMILES string of the molecule is O=C(O)CCC/C=C/C[C@@H]1[C@@H](/C=C/[C@H](O)Oc2cccc(Cl)c2)[C@H](O)C[C@@H]1O. The van der Waals surface area contributed by atoms with Gasteiger partial charge >= 0.3 is 5.97 Å². The van der Waals surface area contributed by atoms with Gasteiger partial charge in [0.25, 0.3) is 0 Å². The lowest BCUT2D eigenvalue weighted by Crippen LogP contribution is -2.21. The molecule has 1 aromatic carbocycles. The molecule has 4 N–H and O–H groups in total. The molecule has 1 aliphatic carbocycles. The lowest BCUT2D eigenvalue weighted by atomic mass is 9.90. The zero-order chi connectivity index (χ0) is 20.5. The molecule has 0 heterocycles. The maximum atomic E-state index is 10.5. The first-order valence-corrected chi connectivity index (χ1v) is 9.76. The zero-order valence-electron chi connectivity index (χ0n) is 15.5. The fourth-order valence-electron chi connectivity index (χ4n) is 3.39. The van der Waals surface area contributed by atoms with Crippen molar-refractivity contribution in [3.63, 3.8) is 0 Å². The molecule has 1 fully saturated rings. The summed E-state index contributed by atoms with van der Waals surface area (Å²) in [5.41, 5.74) is 0. The maximum absolute atomic E-state index is 10.5. The lowest BCUT2D eigenvalue weighted by molar-refractivity contribution is -0.137. The second-order valence-electron chi connectivity index (χ2n) is 6.96. The lowest BCUT2D eigenvalue weighted by Gasteiger charge is -2.19. The van der Waals surface area contributed by atoms with Crippen molar-refractivity contribution < 1.29 is 30.0 Å². The molecule has 28 heavy (non-hydrogen) atoms. The van der Waals surface area contributed by atoms with E-state index in [0.717, 1.165) is 0 Å². The van der Waals surface area contributed by atoms with E-state index in [-0.39, 0.29) is 24.7 Å². The number of halogens is 1. The number of aliphatic hydroxyl groups excluding tert-OH is 3. The predicted molar refractivity (Wildman–Crippen MR) is 106 cm³/mol. The van der Waals surface area contributed by atoms with E-state index >= 15 is 0 Å². The third kappa shape index (κ3) is 7.28. The van der Waals surface area contributed by atoms with Crippen LogP contribution in [0, 0.1) is 11.8 Å². The number of unbranched alkanes of at least 4 members (excludes halogenated alkanes) is 1. The first-order chi connectivity index (χ1) is 13.4. The summed E-state index contributed by atoms with van der Waals surface area (Å²) in [5, 5.41) is 39.6. The van der Waals surface area contributed by atoms with Gasteiger partial charge in [-0.2, -0.15) is 0 Å². The van der Waals surface area contributed by atoms with Gasteiger partial charge in [0.05, 0.1) is 12.2 Å². The summed E-state index contributed by atoms with van der Waals surface area (Å²) >= 11 is 5.88. The van der Waals surface area contributed by atoms with Gasteiger partial charge in [-0.3, -0.25) is 4.79 Å². The van der Waals surface area contributed by atoms with Crippen LogP contribution in [0.5, 0.6) is 5.75 Å². The molecule has 1 aromatic rings. The number of carboxylic acids is 1. The molecule has 1 aliphatic rings. The van der Waals surface area contributed by atoms with Gasteiger partial charge in [-0.15, -0.1) is 0 Å². The largest absolute Gasteiger partial charge is 0.481 e. The van der Waals surface area contributed by atoms with Gasteiger partial charge in [-0.25, -0.2) is 0 Å². The molecule has 5 atom stereocenters. The summed E-state index contributed by atoms with van der Waals surface area (Å²) < 4.78 is 5.38. The van der Waals surface area contributed by atoms with Crippen molar-refractivity contribution in [2.24, 2.45) is 11.8 Å².